The van der Waals surface area contributed by atoms with Crippen molar-refractivity contribution < 1.29 is 42.9 Å². The number of carbonyl (C=O) groups excluding carboxylic acids is 2. The van der Waals surface area contributed by atoms with Gasteiger partial charge in [0.2, 0.25) is 0 Å². The molecule has 366 valence electrons. The van der Waals surface area contributed by atoms with Gasteiger partial charge in [0.25, 0.3) is 6.29 Å². The summed E-state index contributed by atoms with van der Waals surface area (Å²) in [6, 6.07) is 0. The maximum Gasteiger partial charge on any atom is 0.361 e. The summed E-state index contributed by atoms with van der Waals surface area (Å²) in [5.74, 6) is -2.02. The number of carboxylic acids is 1. The van der Waals surface area contributed by atoms with Gasteiger partial charge < -0.3 is 28.5 Å². The third-order valence-electron chi connectivity index (χ3n) is 11.1. The van der Waals surface area contributed by atoms with E-state index in [1.165, 1.54) is 122 Å². The zero-order valence-corrected chi connectivity index (χ0v) is 41.5. The van der Waals surface area contributed by atoms with Crippen molar-refractivity contribution in [3.05, 3.63) is 48.6 Å². The van der Waals surface area contributed by atoms with E-state index >= 15 is 0 Å². The van der Waals surface area contributed by atoms with Crippen molar-refractivity contribution in [3.8, 4) is 0 Å². The monoisotopic (exact) mass is 889 g/mol. The van der Waals surface area contributed by atoms with Crippen molar-refractivity contribution in [3.63, 3.8) is 0 Å². The molecule has 0 spiro atoms. The predicted octanol–water partition coefficient (Wildman–Crippen LogP) is 14.3. The van der Waals surface area contributed by atoms with Gasteiger partial charge in [0.05, 0.1) is 34.4 Å². The summed E-state index contributed by atoms with van der Waals surface area (Å²) in [7, 11) is 5.96. The molecule has 2 atom stereocenters. The van der Waals surface area contributed by atoms with Crippen LogP contribution in [-0.2, 0) is 33.3 Å². The predicted molar refractivity (Wildman–Crippen MR) is 263 cm³/mol. The molecule has 9 heteroatoms. The van der Waals surface area contributed by atoms with E-state index in [4.69, 9.17) is 18.9 Å². The fourth-order valence-corrected chi connectivity index (χ4v) is 7.08. The van der Waals surface area contributed by atoms with Gasteiger partial charge in [-0.15, -0.1) is 0 Å². The number of aliphatic carboxylic acids is 1. The fraction of sp³-hybridized carbons (Fsp3) is 0.796. The van der Waals surface area contributed by atoms with Crippen LogP contribution in [0.15, 0.2) is 48.6 Å². The van der Waals surface area contributed by atoms with Crippen LogP contribution >= 0.6 is 0 Å². The summed E-state index contributed by atoms with van der Waals surface area (Å²) < 4.78 is 22.8. The number of likely N-dealkylation sites (N-methyl/N-ethyl adjacent to an activating group) is 1. The zero-order chi connectivity index (χ0) is 46.3. The molecule has 1 N–H and O–H groups in total. The number of unbranched alkanes of at least 4 members (excludes halogenated alkanes) is 24. The largest absolute Gasteiger partial charge is 0.477 e. The fourth-order valence-electron chi connectivity index (χ4n) is 7.08. The summed E-state index contributed by atoms with van der Waals surface area (Å²) in [6.07, 6.45) is 51.7. The second-order valence-corrected chi connectivity index (χ2v) is 18.4. The van der Waals surface area contributed by atoms with E-state index in [0.29, 0.717) is 23.9 Å². The molecule has 0 saturated carbocycles. The van der Waals surface area contributed by atoms with Gasteiger partial charge in [0, 0.05) is 12.8 Å². The van der Waals surface area contributed by atoms with Crippen LogP contribution in [0.1, 0.15) is 219 Å². The summed E-state index contributed by atoms with van der Waals surface area (Å²) in [4.78, 5) is 37.3. The molecule has 0 heterocycles. The Labute approximate surface area is 387 Å². The zero-order valence-electron chi connectivity index (χ0n) is 41.5. The molecule has 0 amide bonds. The lowest BCUT2D eigenvalue weighted by Gasteiger charge is -2.25. The minimum Gasteiger partial charge on any atom is -0.477 e. The Morgan fingerprint density at radius 2 is 0.905 bits per heavy atom. The summed E-state index contributed by atoms with van der Waals surface area (Å²) >= 11 is 0. The number of carboxylic acid groups (broad SMARTS) is 1. The van der Waals surface area contributed by atoms with Crippen molar-refractivity contribution >= 4 is 17.9 Å². The first-order valence-corrected chi connectivity index (χ1v) is 25.8. The van der Waals surface area contributed by atoms with Crippen LogP contribution in [-0.4, -0.2) is 87.4 Å². The van der Waals surface area contributed by atoms with E-state index in [2.05, 4.69) is 62.5 Å². The Balaban J connectivity index is 4.33. The molecule has 0 aliphatic heterocycles. The van der Waals surface area contributed by atoms with Crippen molar-refractivity contribution in [2.75, 3.05) is 47.5 Å². The average molecular weight is 889 g/mol. The number of hydrogen-bond donors (Lipinski definition) is 1. The van der Waals surface area contributed by atoms with Gasteiger partial charge in [-0.05, 0) is 70.6 Å². The summed E-state index contributed by atoms with van der Waals surface area (Å²) in [6.45, 7) is 4.76. The molecule has 0 bridgehead atoms. The summed E-state index contributed by atoms with van der Waals surface area (Å²) in [5, 5.41) is 9.67. The number of rotatable bonds is 47. The Bertz CT molecular complexity index is 1170. The van der Waals surface area contributed by atoms with E-state index in [1.54, 1.807) is 0 Å². The van der Waals surface area contributed by atoms with E-state index in [9.17, 15) is 19.5 Å². The SMILES string of the molecule is CC/C=C\C/C=C\C/C=C\CCCCCCCCCC(=O)OC(COC(=O)CCCCCCCCCCC/C=C\CCCCCCCCCC)COC(OCC[N+](C)(C)C)C(=O)O. The molecule has 0 fully saturated rings. The lowest BCUT2D eigenvalue weighted by molar-refractivity contribution is -0.870. The number of quaternary nitrogens is 1. The van der Waals surface area contributed by atoms with Crippen LogP contribution in [0, 0.1) is 0 Å². The highest BCUT2D eigenvalue weighted by Crippen LogP contribution is 2.15. The lowest BCUT2D eigenvalue weighted by atomic mass is 10.1. The van der Waals surface area contributed by atoms with E-state index in [-0.39, 0.29) is 32.2 Å². The first kappa shape index (κ1) is 60.2. The van der Waals surface area contributed by atoms with E-state index in [0.717, 1.165) is 64.2 Å². The molecule has 0 aromatic carbocycles. The highest BCUT2D eigenvalue weighted by Gasteiger charge is 2.25. The van der Waals surface area contributed by atoms with Crippen LogP contribution in [0.3, 0.4) is 0 Å². The number of allylic oxidation sites excluding steroid dienone is 8. The number of carbonyl (C=O) groups is 3. The van der Waals surface area contributed by atoms with Gasteiger partial charge >= 0.3 is 17.9 Å². The molecule has 9 nitrogen and oxygen atoms in total. The van der Waals surface area contributed by atoms with Gasteiger partial charge in [0.15, 0.2) is 6.10 Å². The molecule has 2 unspecified atom stereocenters. The topological polar surface area (TPSA) is 108 Å². The van der Waals surface area contributed by atoms with Crippen molar-refractivity contribution in [2.24, 2.45) is 0 Å². The average Bonchev–Trinajstić information content (AvgIpc) is 3.24. The highest BCUT2D eigenvalue weighted by atomic mass is 16.7. The first-order chi connectivity index (χ1) is 30.6. The molecule has 0 aliphatic carbocycles. The minimum atomic E-state index is -1.51. The van der Waals surface area contributed by atoms with Crippen LogP contribution < -0.4 is 0 Å². The van der Waals surface area contributed by atoms with Gasteiger partial charge in [0.1, 0.15) is 13.2 Å². The maximum atomic E-state index is 12.8. The molecular formula is C54H98NO8+. The molecule has 0 aromatic rings. The molecule has 0 aromatic heterocycles. The smallest absolute Gasteiger partial charge is 0.361 e. The van der Waals surface area contributed by atoms with Gasteiger partial charge in [-0.1, -0.05) is 184 Å². The Morgan fingerprint density at radius 3 is 1.37 bits per heavy atom. The Kier molecular flexibility index (Phi) is 43.8. The molecule has 0 aliphatic rings. The number of esters is 2. The Hall–Kier alpha value is -2.75. The third kappa shape index (κ3) is 47.0. The number of hydrogen-bond acceptors (Lipinski definition) is 7. The minimum absolute atomic E-state index is 0.184. The van der Waals surface area contributed by atoms with Gasteiger partial charge in [-0.25, -0.2) is 4.79 Å². The van der Waals surface area contributed by atoms with Crippen molar-refractivity contribution in [1.82, 2.24) is 0 Å². The van der Waals surface area contributed by atoms with Gasteiger partial charge in [-0.2, -0.15) is 0 Å². The van der Waals surface area contributed by atoms with Gasteiger partial charge in [-0.3, -0.25) is 9.59 Å². The molecule has 0 radical (unpaired) electrons. The van der Waals surface area contributed by atoms with E-state index < -0.39 is 24.3 Å². The van der Waals surface area contributed by atoms with E-state index in [1.807, 2.05) is 21.1 Å². The van der Waals surface area contributed by atoms with Crippen LogP contribution in [0.25, 0.3) is 0 Å². The third-order valence-corrected chi connectivity index (χ3v) is 11.1. The van der Waals surface area contributed by atoms with Crippen LogP contribution in [0.2, 0.25) is 0 Å². The molecule has 63 heavy (non-hydrogen) atoms. The first-order valence-electron chi connectivity index (χ1n) is 25.8. The second-order valence-electron chi connectivity index (χ2n) is 18.4. The van der Waals surface area contributed by atoms with Crippen molar-refractivity contribution in [1.29, 1.82) is 0 Å². The highest BCUT2D eigenvalue weighted by molar-refractivity contribution is 5.71. The maximum absolute atomic E-state index is 12.8. The summed E-state index contributed by atoms with van der Waals surface area (Å²) in [5.41, 5.74) is 0. The van der Waals surface area contributed by atoms with Crippen molar-refractivity contribution in [2.45, 2.75) is 232 Å². The lowest BCUT2D eigenvalue weighted by Crippen LogP contribution is -2.40. The second kappa shape index (κ2) is 45.8. The quantitative estimate of drug-likeness (QED) is 0.0212. The molecular weight excluding hydrogens is 791 g/mol. The van der Waals surface area contributed by atoms with Crippen LogP contribution in [0.5, 0.6) is 0 Å². The Morgan fingerprint density at radius 1 is 0.492 bits per heavy atom. The number of nitrogens with zero attached hydrogens (tertiary/aromatic N) is 1. The molecule has 0 rings (SSSR count). The standard InChI is InChI=1S/C54H97NO8/c1-6-8-10-12-14-16-18-20-22-24-25-26-27-29-30-32-34-36-38-40-42-44-51(56)61-48-50(49-62-54(53(58)59)60-47-46-55(3,4)5)63-52(57)45-43-41-39-37-35-33-31-28-23-21-19-17-15-13-11-9-7-2/h9,11,15,17,21,23-25,50,54H,6-8,10,12-14,16,18-20,22,26-49H2,1-5H3/p+1/b11-9-,17-15-,23-21-,25-24-. The normalized spacial score (nSPS) is 13.2. The molecule has 0 saturated heterocycles. The number of ether oxygens (including phenoxy) is 4. The van der Waals surface area contributed by atoms with Crippen LogP contribution in [0.4, 0.5) is 0 Å².